The zero-order chi connectivity index (χ0) is 11.2. The van der Waals surface area contributed by atoms with Crippen LogP contribution in [0.5, 0.6) is 0 Å². The van der Waals surface area contributed by atoms with Gasteiger partial charge in [0.25, 0.3) is 0 Å². The predicted molar refractivity (Wildman–Crippen MR) is 50.9 cm³/mol. The molecule has 2 unspecified atom stereocenters. The Labute approximate surface area is 93.8 Å². The Morgan fingerprint density at radius 3 is 1.75 bits per heavy atom. The molecule has 0 aromatic rings. The third kappa shape index (κ3) is 4.03. The molecule has 2 heterocycles. The van der Waals surface area contributed by atoms with Crippen LogP contribution in [0.2, 0.25) is 0 Å². The number of rotatable bonds is 4. The van der Waals surface area contributed by atoms with Gasteiger partial charge in [-0.25, -0.2) is 0 Å². The standard InChI is InChI=1S/C8H14O7P/c9-16(14-7-5-10-1-3-12-7)15-8-6-11-2-4-13-8/h7-8H,1-6H2/q+1. The van der Waals surface area contributed by atoms with Gasteiger partial charge in [-0.1, -0.05) is 9.05 Å². The van der Waals surface area contributed by atoms with Crippen LogP contribution >= 0.6 is 8.25 Å². The highest BCUT2D eigenvalue weighted by atomic mass is 31.1. The molecule has 2 fully saturated rings. The van der Waals surface area contributed by atoms with Crippen LogP contribution in [0.4, 0.5) is 0 Å². The van der Waals surface area contributed by atoms with Crippen molar-refractivity contribution >= 4 is 8.25 Å². The summed E-state index contributed by atoms with van der Waals surface area (Å²) >= 11 is 0. The summed E-state index contributed by atoms with van der Waals surface area (Å²) in [7, 11) is -2.29. The molecule has 0 radical (unpaired) electrons. The van der Waals surface area contributed by atoms with Crippen LogP contribution in [-0.2, 0) is 32.6 Å². The Hall–Kier alpha value is -0.140. The van der Waals surface area contributed by atoms with Gasteiger partial charge in [0.15, 0.2) is 0 Å². The van der Waals surface area contributed by atoms with Crippen molar-refractivity contribution in [1.82, 2.24) is 0 Å². The third-order valence-electron chi connectivity index (χ3n) is 1.98. The molecule has 2 aliphatic rings. The fourth-order valence-electron chi connectivity index (χ4n) is 1.27. The first-order chi connectivity index (χ1) is 7.84. The lowest BCUT2D eigenvalue weighted by atomic mass is 10.6. The summed E-state index contributed by atoms with van der Waals surface area (Å²) in [6.07, 6.45) is -1.27. The molecule has 2 saturated heterocycles. The normalized spacial score (nSPS) is 32.4. The Bertz CT molecular complexity index is 202. The molecule has 7 nitrogen and oxygen atoms in total. The lowest BCUT2D eigenvalue weighted by Crippen LogP contribution is -2.31. The van der Waals surface area contributed by atoms with Crippen molar-refractivity contribution < 1.29 is 32.6 Å². The predicted octanol–water partition coefficient (Wildman–Crippen LogP) is 0.423. The van der Waals surface area contributed by atoms with E-state index in [-0.39, 0.29) is 13.2 Å². The average Bonchev–Trinajstić information content (AvgIpc) is 2.31. The van der Waals surface area contributed by atoms with Crippen molar-refractivity contribution in [3.05, 3.63) is 0 Å². The molecule has 0 bridgehead atoms. The second kappa shape index (κ2) is 6.56. The Balaban J connectivity index is 1.66. The maximum atomic E-state index is 11.4. The second-order valence-corrected chi connectivity index (χ2v) is 4.05. The molecule has 0 N–H and O–H groups in total. The van der Waals surface area contributed by atoms with Gasteiger partial charge < -0.3 is 18.9 Å². The second-order valence-electron chi connectivity index (χ2n) is 3.18. The van der Waals surface area contributed by atoms with Crippen molar-refractivity contribution in [2.45, 2.75) is 12.6 Å². The van der Waals surface area contributed by atoms with E-state index in [2.05, 4.69) is 0 Å². The topological polar surface area (TPSA) is 72.5 Å². The Morgan fingerprint density at radius 2 is 1.38 bits per heavy atom. The van der Waals surface area contributed by atoms with Gasteiger partial charge in [0.2, 0.25) is 12.6 Å². The van der Waals surface area contributed by atoms with Crippen LogP contribution in [0.1, 0.15) is 0 Å². The van der Waals surface area contributed by atoms with E-state index in [1.807, 2.05) is 0 Å². The van der Waals surface area contributed by atoms with Crippen LogP contribution in [0.3, 0.4) is 0 Å². The SMILES string of the molecule is O=[P+](OC1COCCO1)OC1COCCO1. The van der Waals surface area contributed by atoms with Gasteiger partial charge in [-0.2, -0.15) is 0 Å². The van der Waals surface area contributed by atoms with Crippen LogP contribution in [-0.4, -0.2) is 52.2 Å². The molecule has 2 atom stereocenters. The first-order valence-corrected chi connectivity index (χ1v) is 6.13. The fourth-order valence-corrected chi connectivity index (χ4v) is 1.95. The molecule has 8 heteroatoms. The molecule has 2 aliphatic heterocycles. The summed E-state index contributed by atoms with van der Waals surface area (Å²) in [5.41, 5.74) is 0. The molecule has 0 saturated carbocycles. The zero-order valence-electron chi connectivity index (χ0n) is 8.70. The van der Waals surface area contributed by atoms with Crippen molar-refractivity contribution in [2.75, 3.05) is 39.6 Å². The first-order valence-electron chi connectivity index (χ1n) is 5.04. The van der Waals surface area contributed by atoms with Gasteiger partial charge in [-0.3, -0.25) is 0 Å². The zero-order valence-corrected chi connectivity index (χ0v) is 9.60. The van der Waals surface area contributed by atoms with E-state index in [0.717, 1.165) is 0 Å². The number of ether oxygens (including phenoxy) is 4. The molecule has 16 heavy (non-hydrogen) atoms. The van der Waals surface area contributed by atoms with Crippen LogP contribution in [0.15, 0.2) is 0 Å². The van der Waals surface area contributed by atoms with Crippen molar-refractivity contribution in [1.29, 1.82) is 0 Å². The Kier molecular flexibility index (Phi) is 5.05. The average molecular weight is 253 g/mol. The minimum Gasteiger partial charge on any atom is -0.374 e. The molecule has 92 valence electrons. The summed E-state index contributed by atoms with van der Waals surface area (Å²) < 4.78 is 41.9. The first kappa shape index (κ1) is 12.3. The van der Waals surface area contributed by atoms with Gasteiger partial charge in [0, 0.05) is 4.57 Å². The summed E-state index contributed by atoms with van der Waals surface area (Å²) in [6, 6.07) is 0. The molecular weight excluding hydrogens is 239 g/mol. The molecular formula is C8H14O7P+. The van der Waals surface area contributed by atoms with Gasteiger partial charge in [0.1, 0.15) is 13.2 Å². The maximum absolute atomic E-state index is 11.4. The van der Waals surface area contributed by atoms with E-state index < -0.39 is 20.8 Å². The van der Waals surface area contributed by atoms with E-state index >= 15 is 0 Å². The third-order valence-corrected chi connectivity index (χ3v) is 2.79. The molecule has 0 amide bonds. The van der Waals surface area contributed by atoms with E-state index in [9.17, 15) is 4.57 Å². The van der Waals surface area contributed by atoms with Crippen LogP contribution in [0.25, 0.3) is 0 Å². The fraction of sp³-hybridized carbons (Fsp3) is 1.00. The smallest absolute Gasteiger partial charge is 0.374 e. The summed E-state index contributed by atoms with van der Waals surface area (Å²) in [4.78, 5) is 0. The monoisotopic (exact) mass is 253 g/mol. The van der Waals surface area contributed by atoms with Crippen LogP contribution in [0, 0.1) is 0 Å². The van der Waals surface area contributed by atoms with E-state index in [4.69, 9.17) is 28.0 Å². The largest absolute Gasteiger partial charge is 0.703 e. The van der Waals surface area contributed by atoms with Gasteiger partial charge in [-0.05, 0) is 0 Å². The highest BCUT2D eigenvalue weighted by Crippen LogP contribution is 2.30. The lowest BCUT2D eigenvalue weighted by molar-refractivity contribution is -0.192. The van der Waals surface area contributed by atoms with Crippen LogP contribution < -0.4 is 0 Å². The summed E-state index contributed by atoms with van der Waals surface area (Å²) in [6.45, 7) is 2.42. The van der Waals surface area contributed by atoms with Crippen molar-refractivity contribution in [2.24, 2.45) is 0 Å². The summed E-state index contributed by atoms with van der Waals surface area (Å²) in [5.74, 6) is 0. The highest BCUT2D eigenvalue weighted by molar-refractivity contribution is 7.33. The number of hydrogen-bond donors (Lipinski definition) is 0. The minimum absolute atomic E-state index is 0.256. The minimum atomic E-state index is -2.29. The maximum Gasteiger partial charge on any atom is 0.703 e. The van der Waals surface area contributed by atoms with E-state index in [1.165, 1.54) is 0 Å². The highest BCUT2D eigenvalue weighted by Gasteiger charge is 2.34. The molecule has 2 rings (SSSR count). The Morgan fingerprint density at radius 1 is 0.875 bits per heavy atom. The van der Waals surface area contributed by atoms with Gasteiger partial charge in [0.05, 0.1) is 26.4 Å². The summed E-state index contributed by atoms with van der Waals surface area (Å²) in [5, 5.41) is 0. The molecule has 0 aromatic heterocycles. The van der Waals surface area contributed by atoms with E-state index in [0.29, 0.717) is 26.4 Å². The van der Waals surface area contributed by atoms with Crippen molar-refractivity contribution in [3.8, 4) is 0 Å². The lowest BCUT2D eigenvalue weighted by Gasteiger charge is -2.19. The van der Waals surface area contributed by atoms with Gasteiger partial charge >= 0.3 is 8.25 Å². The quantitative estimate of drug-likeness (QED) is 0.672. The molecule has 0 aromatic carbocycles. The van der Waals surface area contributed by atoms with Gasteiger partial charge in [-0.15, -0.1) is 0 Å². The number of hydrogen-bond acceptors (Lipinski definition) is 7. The molecule has 0 aliphatic carbocycles. The van der Waals surface area contributed by atoms with E-state index in [1.54, 1.807) is 0 Å². The molecule has 0 spiro atoms. The van der Waals surface area contributed by atoms with Crippen molar-refractivity contribution in [3.63, 3.8) is 0 Å².